The van der Waals surface area contributed by atoms with Gasteiger partial charge < -0.3 is 9.64 Å². The molecular formula is C18H25N3O2S. The summed E-state index contributed by atoms with van der Waals surface area (Å²) in [5.41, 5.74) is 2.06. The summed E-state index contributed by atoms with van der Waals surface area (Å²) >= 11 is 1.62. The fourth-order valence-electron chi connectivity index (χ4n) is 2.49. The van der Waals surface area contributed by atoms with Crippen LogP contribution in [0.5, 0.6) is 5.75 Å². The van der Waals surface area contributed by atoms with Crippen LogP contribution in [0.15, 0.2) is 29.6 Å². The fourth-order valence-corrected chi connectivity index (χ4v) is 3.30. The summed E-state index contributed by atoms with van der Waals surface area (Å²) in [7, 11) is 3.61. The molecular weight excluding hydrogens is 322 g/mol. The third kappa shape index (κ3) is 4.79. The summed E-state index contributed by atoms with van der Waals surface area (Å²) in [6.07, 6.45) is 0. The van der Waals surface area contributed by atoms with E-state index < -0.39 is 0 Å². The fraction of sp³-hybridized carbons (Fsp3) is 0.444. The zero-order valence-corrected chi connectivity index (χ0v) is 15.6. The SMILES string of the molecule is CCN(CC)C(=O)CN(C)Cc1csc(-c2ccc(OC)cc2)n1. The second-order valence-corrected chi connectivity index (χ2v) is 6.47. The van der Waals surface area contributed by atoms with Gasteiger partial charge in [0, 0.05) is 30.6 Å². The minimum atomic E-state index is 0.160. The molecule has 5 nitrogen and oxygen atoms in total. The summed E-state index contributed by atoms with van der Waals surface area (Å²) in [4.78, 5) is 20.7. The van der Waals surface area contributed by atoms with E-state index in [0.717, 1.165) is 35.1 Å². The van der Waals surface area contributed by atoms with E-state index in [-0.39, 0.29) is 5.91 Å². The number of ether oxygens (including phenoxy) is 1. The summed E-state index contributed by atoms with van der Waals surface area (Å²) in [6.45, 7) is 6.59. The van der Waals surface area contributed by atoms with Crippen LogP contribution in [0.1, 0.15) is 19.5 Å². The molecule has 1 heterocycles. The maximum Gasteiger partial charge on any atom is 0.236 e. The zero-order valence-electron chi connectivity index (χ0n) is 14.8. The first-order valence-electron chi connectivity index (χ1n) is 8.12. The molecule has 0 spiro atoms. The monoisotopic (exact) mass is 347 g/mol. The molecule has 1 aromatic carbocycles. The number of methoxy groups -OCH3 is 1. The summed E-state index contributed by atoms with van der Waals surface area (Å²) in [6, 6.07) is 7.89. The van der Waals surface area contributed by atoms with Crippen LogP contribution < -0.4 is 4.74 Å². The maximum atomic E-state index is 12.1. The van der Waals surface area contributed by atoms with Gasteiger partial charge in [0.2, 0.25) is 5.91 Å². The van der Waals surface area contributed by atoms with Gasteiger partial charge in [-0.05, 0) is 45.2 Å². The van der Waals surface area contributed by atoms with E-state index in [4.69, 9.17) is 4.74 Å². The molecule has 2 rings (SSSR count). The molecule has 1 amide bonds. The van der Waals surface area contributed by atoms with Gasteiger partial charge in [0.25, 0.3) is 0 Å². The number of likely N-dealkylation sites (N-methyl/N-ethyl adjacent to an activating group) is 2. The van der Waals surface area contributed by atoms with Gasteiger partial charge >= 0.3 is 0 Å². The van der Waals surface area contributed by atoms with Crippen molar-refractivity contribution in [1.82, 2.24) is 14.8 Å². The van der Waals surface area contributed by atoms with Gasteiger partial charge in [-0.15, -0.1) is 11.3 Å². The second-order valence-electron chi connectivity index (χ2n) is 5.61. The van der Waals surface area contributed by atoms with Crippen molar-refractivity contribution in [2.75, 3.05) is 33.8 Å². The Bertz CT molecular complexity index is 651. The van der Waals surface area contributed by atoms with Crippen molar-refractivity contribution in [3.8, 4) is 16.3 Å². The average molecular weight is 347 g/mol. The Hall–Kier alpha value is -1.92. The minimum Gasteiger partial charge on any atom is -0.497 e. The van der Waals surface area contributed by atoms with E-state index in [1.165, 1.54) is 0 Å². The average Bonchev–Trinajstić information content (AvgIpc) is 3.04. The van der Waals surface area contributed by atoms with Gasteiger partial charge in [0.15, 0.2) is 0 Å². The van der Waals surface area contributed by atoms with Crippen molar-refractivity contribution in [3.63, 3.8) is 0 Å². The first-order valence-corrected chi connectivity index (χ1v) is 9.00. The lowest BCUT2D eigenvalue weighted by molar-refractivity contribution is -0.131. The van der Waals surface area contributed by atoms with E-state index in [0.29, 0.717) is 13.1 Å². The van der Waals surface area contributed by atoms with E-state index in [9.17, 15) is 4.79 Å². The quantitative estimate of drug-likeness (QED) is 0.736. The highest BCUT2D eigenvalue weighted by atomic mass is 32.1. The van der Waals surface area contributed by atoms with Crippen LogP contribution in [0, 0.1) is 0 Å². The molecule has 0 bridgehead atoms. The third-order valence-corrected chi connectivity index (χ3v) is 4.78. The van der Waals surface area contributed by atoms with Crippen molar-refractivity contribution in [2.45, 2.75) is 20.4 Å². The Morgan fingerprint density at radius 1 is 1.21 bits per heavy atom. The van der Waals surface area contributed by atoms with E-state index in [1.807, 2.05) is 55.0 Å². The number of benzene rings is 1. The van der Waals surface area contributed by atoms with E-state index >= 15 is 0 Å². The lowest BCUT2D eigenvalue weighted by Gasteiger charge is -2.22. The first kappa shape index (κ1) is 18.4. The smallest absolute Gasteiger partial charge is 0.236 e. The second kappa shape index (κ2) is 8.80. The van der Waals surface area contributed by atoms with Gasteiger partial charge in [0.1, 0.15) is 10.8 Å². The van der Waals surface area contributed by atoms with Crippen LogP contribution in [0.25, 0.3) is 10.6 Å². The van der Waals surface area contributed by atoms with Crippen LogP contribution in [-0.4, -0.2) is 54.5 Å². The molecule has 0 atom stereocenters. The summed E-state index contributed by atoms with van der Waals surface area (Å²) in [5.74, 6) is 0.998. The van der Waals surface area contributed by atoms with Gasteiger partial charge in [0.05, 0.1) is 19.3 Å². The topological polar surface area (TPSA) is 45.7 Å². The van der Waals surface area contributed by atoms with Crippen LogP contribution in [-0.2, 0) is 11.3 Å². The van der Waals surface area contributed by atoms with Gasteiger partial charge in [-0.1, -0.05) is 0 Å². The third-order valence-electron chi connectivity index (χ3n) is 3.84. The Balaban J connectivity index is 1.96. The molecule has 0 saturated heterocycles. The molecule has 0 aliphatic rings. The zero-order chi connectivity index (χ0) is 17.5. The first-order chi connectivity index (χ1) is 11.6. The number of carbonyl (C=O) groups is 1. The van der Waals surface area contributed by atoms with Crippen LogP contribution in [0.3, 0.4) is 0 Å². The molecule has 0 aliphatic heterocycles. The standard InChI is InChI=1S/C18H25N3O2S/c1-5-21(6-2)17(22)12-20(3)11-15-13-24-18(19-15)14-7-9-16(23-4)10-8-14/h7-10,13H,5-6,11-12H2,1-4H3. The number of carbonyl (C=O) groups excluding carboxylic acids is 1. The molecule has 0 saturated carbocycles. The predicted molar refractivity (Wildman–Crippen MR) is 98.4 cm³/mol. The lowest BCUT2D eigenvalue weighted by atomic mass is 10.2. The Kier molecular flexibility index (Phi) is 6.75. The highest BCUT2D eigenvalue weighted by molar-refractivity contribution is 7.13. The molecule has 130 valence electrons. The molecule has 0 N–H and O–H groups in total. The molecule has 2 aromatic rings. The number of amides is 1. The van der Waals surface area contributed by atoms with Crippen molar-refractivity contribution >= 4 is 17.2 Å². The predicted octanol–water partition coefficient (Wildman–Crippen LogP) is 3.12. The van der Waals surface area contributed by atoms with Gasteiger partial charge in [-0.2, -0.15) is 0 Å². The Labute approximate surface area is 147 Å². The van der Waals surface area contributed by atoms with Crippen LogP contribution in [0.2, 0.25) is 0 Å². The summed E-state index contributed by atoms with van der Waals surface area (Å²) < 4.78 is 5.18. The van der Waals surface area contributed by atoms with Crippen molar-refractivity contribution < 1.29 is 9.53 Å². The normalized spacial score (nSPS) is 10.9. The van der Waals surface area contributed by atoms with E-state index in [1.54, 1.807) is 18.4 Å². The minimum absolute atomic E-state index is 0.160. The van der Waals surface area contributed by atoms with Crippen molar-refractivity contribution in [3.05, 3.63) is 35.3 Å². The largest absolute Gasteiger partial charge is 0.497 e. The number of hydrogen-bond donors (Lipinski definition) is 0. The van der Waals surface area contributed by atoms with Crippen LogP contribution in [0.4, 0.5) is 0 Å². The van der Waals surface area contributed by atoms with E-state index in [2.05, 4.69) is 10.4 Å². The number of hydrogen-bond acceptors (Lipinski definition) is 5. The molecule has 0 unspecified atom stereocenters. The molecule has 0 aliphatic carbocycles. The van der Waals surface area contributed by atoms with Crippen molar-refractivity contribution in [1.29, 1.82) is 0 Å². The Morgan fingerprint density at radius 3 is 2.46 bits per heavy atom. The highest BCUT2D eigenvalue weighted by Crippen LogP contribution is 2.26. The lowest BCUT2D eigenvalue weighted by Crippen LogP contribution is -2.38. The van der Waals surface area contributed by atoms with Gasteiger partial charge in [-0.3, -0.25) is 9.69 Å². The number of thiazole rings is 1. The molecule has 0 fully saturated rings. The molecule has 1 aromatic heterocycles. The molecule has 24 heavy (non-hydrogen) atoms. The number of aromatic nitrogens is 1. The Morgan fingerprint density at radius 2 is 1.88 bits per heavy atom. The summed E-state index contributed by atoms with van der Waals surface area (Å²) in [5, 5.41) is 3.04. The molecule has 6 heteroatoms. The van der Waals surface area contributed by atoms with Crippen molar-refractivity contribution in [2.24, 2.45) is 0 Å². The maximum absolute atomic E-state index is 12.1. The highest BCUT2D eigenvalue weighted by Gasteiger charge is 2.14. The molecule has 0 radical (unpaired) electrons. The number of nitrogens with zero attached hydrogens (tertiary/aromatic N) is 3. The number of rotatable bonds is 8. The van der Waals surface area contributed by atoms with Crippen LogP contribution >= 0.6 is 11.3 Å². The van der Waals surface area contributed by atoms with Gasteiger partial charge in [-0.25, -0.2) is 4.98 Å².